The number of halogens is 2. The van der Waals surface area contributed by atoms with Crippen molar-refractivity contribution in [1.29, 1.82) is 0 Å². The first-order chi connectivity index (χ1) is 14.7. The number of amides is 1. The van der Waals surface area contributed by atoms with Crippen molar-refractivity contribution >= 4 is 21.6 Å². The number of para-hydroxylation sites is 1. The molecule has 0 saturated carbocycles. The van der Waals surface area contributed by atoms with Crippen LogP contribution in [-0.4, -0.2) is 26.0 Å². The van der Waals surface area contributed by atoms with E-state index in [1.54, 1.807) is 6.92 Å². The van der Waals surface area contributed by atoms with Crippen LogP contribution in [0.4, 0.5) is 14.5 Å². The van der Waals surface area contributed by atoms with E-state index in [0.717, 1.165) is 12.1 Å². The van der Waals surface area contributed by atoms with Gasteiger partial charge in [0, 0.05) is 12.1 Å². The molecule has 1 amide bonds. The third-order valence-electron chi connectivity index (χ3n) is 4.57. The number of hydrogen-bond acceptors (Lipinski definition) is 4. The van der Waals surface area contributed by atoms with E-state index in [4.69, 9.17) is 0 Å². The second-order valence-corrected chi connectivity index (χ2v) is 8.53. The topological polar surface area (TPSA) is 95.5 Å². The average molecular weight is 446 g/mol. The van der Waals surface area contributed by atoms with Crippen LogP contribution in [0.5, 0.6) is 0 Å². The number of carbonyl (C=O) groups is 1. The second-order valence-electron chi connectivity index (χ2n) is 6.84. The maximum Gasteiger partial charge on any atom is 0.262 e. The molecule has 0 aliphatic heterocycles. The fraction of sp³-hybridized carbons (Fsp3) is 0.136. The summed E-state index contributed by atoms with van der Waals surface area (Å²) in [6.07, 6.45) is -1.14. The molecule has 162 valence electrons. The molecule has 3 rings (SSSR count). The Balaban J connectivity index is 1.77. The molecule has 3 aromatic carbocycles. The van der Waals surface area contributed by atoms with Crippen LogP contribution < -0.4 is 10.0 Å². The third-order valence-corrected chi connectivity index (χ3v) is 5.93. The molecular formula is C22H20F2N2O4S. The number of anilines is 1. The van der Waals surface area contributed by atoms with Gasteiger partial charge in [-0.15, -0.1) is 0 Å². The van der Waals surface area contributed by atoms with E-state index in [9.17, 15) is 27.1 Å². The highest BCUT2D eigenvalue weighted by molar-refractivity contribution is 7.92. The predicted octanol–water partition coefficient (Wildman–Crippen LogP) is 3.54. The maximum atomic E-state index is 13.8. The van der Waals surface area contributed by atoms with E-state index >= 15 is 0 Å². The quantitative estimate of drug-likeness (QED) is 0.517. The van der Waals surface area contributed by atoms with Gasteiger partial charge < -0.3 is 10.4 Å². The summed E-state index contributed by atoms with van der Waals surface area (Å²) in [5.74, 6) is -1.86. The van der Waals surface area contributed by atoms with Gasteiger partial charge in [0.15, 0.2) is 0 Å². The number of hydrogen-bond donors (Lipinski definition) is 3. The minimum atomic E-state index is -4.15. The Bertz CT molecular complexity index is 1220. The SMILES string of the molecule is Cc1ccc(S(=O)(=O)Nc2ccccc2F)cc1C(=O)NCC(O)c1cccc(F)c1. The van der Waals surface area contributed by atoms with Crippen molar-refractivity contribution in [3.63, 3.8) is 0 Å². The zero-order chi connectivity index (χ0) is 22.6. The van der Waals surface area contributed by atoms with Crippen LogP contribution in [0.2, 0.25) is 0 Å². The second kappa shape index (κ2) is 9.23. The van der Waals surface area contributed by atoms with Crippen LogP contribution >= 0.6 is 0 Å². The summed E-state index contributed by atoms with van der Waals surface area (Å²) in [6.45, 7) is 1.42. The number of carbonyl (C=O) groups excluding carboxylic acids is 1. The lowest BCUT2D eigenvalue weighted by Crippen LogP contribution is -2.29. The highest BCUT2D eigenvalue weighted by Gasteiger charge is 2.20. The summed E-state index contributed by atoms with van der Waals surface area (Å²) in [5.41, 5.74) is 0.653. The highest BCUT2D eigenvalue weighted by atomic mass is 32.2. The lowest BCUT2D eigenvalue weighted by atomic mass is 10.1. The van der Waals surface area contributed by atoms with Crippen LogP contribution in [0.25, 0.3) is 0 Å². The molecule has 0 heterocycles. The minimum Gasteiger partial charge on any atom is -0.387 e. The van der Waals surface area contributed by atoms with Gasteiger partial charge in [-0.3, -0.25) is 9.52 Å². The van der Waals surface area contributed by atoms with Crippen LogP contribution in [-0.2, 0) is 10.0 Å². The average Bonchev–Trinajstić information content (AvgIpc) is 2.73. The lowest BCUT2D eigenvalue weighted by Gasteiger charge is -2.14. The largest absolute Gasteiger partial charge is 0.387 e. The van der Waals surface area contributed by atoms with Gasteiger partial charge in [0.25, 0.3) is 15.9 Å². The molecule has 1 atom stereocenters. The van der Waals surface area contributed by atoms with E-state index in [0.29, 0.717) is 11.1 Å². The molecule has 0 saturated heterocycles. The molecule has 31 heavy (non-hydrogen) atoms. The number of nitrogens with one attached hydrogen (secondary N) is 2. The Morgan fingerprint density at radius 3 is 2.48 bits per heavy atom. The Kier molecular flexibility index (Phi) is 6.67. The molecule has 0 bridgehead atoms. The van der Waals surface area contributed by atoms with Gasteiger partial charge in [0.05, 0.1) is 16.7 Å². The monoisotopic (exact) mass is 446 g/mol. The summed E-state index contributed by atoms with van der Waals surface area (Å²) in [5, 5.41) is 12.7. The standard InChI is InChI=1S/C22H20F2N2O4S/c1-14-9-10-17(31(29,30)26-20-8-3-2-7-19(20)24)12-18(14)22(28)25-13-21(27)15-5-4-6-16(23)11-15/h2-12,21,26-27H,13H2,1H3,(H,25,28). The van der Waals surface area contributed by atoms with Crippen LogP contribution in [0, 0.1) is 18.6 Å². The van der Waals surface area contributed by atoms with Crippen molar-refractivity contribution in [2.24, 2.45) is 0 Å². The van der Waals surface area contributed by atoms with E-state index in [2.05, 4.69) is 10.0 Å². The molecule has 0 fully saturated rings. The number of sulfonamides is 1. The minimum absolute atomic E-state index is 0.0721. The van der Waals surface area contributed by atoms with Gasteiger partial charge >= 0.3 is 0 Å². The van der Waals surface area contributed by atoms with E-state index < -0.39 is 33.7 Å². The molecule has 3 N–H and O–H groups in total. The Morgan fingerprint density at radius 1 is 1.03 bits per heavy atom. The van der Waals surface area contributed by atoms with Crippen molar-refractivity contribution in [3.05, 3.63) is 95.1 Å². The van der Waals surface area contributed by atoms with Crippen molar-refractivity contribution in [2.45, 2.75) is 17.9 Å². The summed E-state index contributed by atoms with van der Waals surface area (Å²) < 4.78 is 54.5. The van der Waals surface area contributed by atoms with E-state index in [1.807, 2.05) is 0 Å². The van der Waals surface area contributed by atoms with Crippen LogP contribution in [0.1, 0.15) is 27.6 Å². The first-order valence-corrected chi connectivity index (χ1v) is 10.8. The van der Waals surface area contributed by atoms with Crippen LogP contribution in [0.15, 0.2) is 71.6 Å². The molecule has 3 aromatic rings. The first kappa shape index (κ1) is 22.4. The van der Waals surface area contributed by atoms with Crippen molar-refractivity contribution in [2.75, 3.05) is 11.3 Å². The van der Waals surface area contributed by atoms with Gasteiger partial charge in [0.2, 0.25) is 0 Å². The van der Waals surface area contributed by atoms with Gasteiger partial charge in [0.1, 0.15) is 11.6 Å². The van der Waals surface area contributed by atoms with E-state index in [1.165, 1.54) is 54.6 Å². The summed E-state index contributed by atoms with van der Waals surface area (Å²) in [6, 6.07) is 14.6. The Labute approximate surface area is 178 Å². The molecule has 0 aliphatic rings. The fourth-order valence-electron chi connectivity index (χ4n) is 2.88. The normalized spacial score (nSPS) is 12.3. The summed E-state index contributed by atoms with van der Waals surface area (Å²) in [4.78, 5) is 12.4. The maximum absolute atomic E-state index is 13.8. The fourth-order valence-corrected chi connectivity index (χ4v) is 3.97. The number of benzene rings is 3. The Hall–Kier alpha value is -3.30. The zero-order valence-corrected chi connectivity index (χ0v) is 17.3. The zero-order valence-electron chi connectivity index (χ0n) is 16.5. The smallest absolute Gasteiger partial charge is 0.262 e. The molecule has 0 radical (unpaired) electrons. The molecule has 0 aromatic heterocycles. The van der Waals surface area contributed by atoms with Gasteiger partial charge in [-0.1, -0.05) is 30.3 Å². The molecule has 6 nitrogen and oxygen atoms in total. The summed E-state index contributed by atoms with van der Waals surface area (Å²) in [7, 11) is -4.15. The molecule has 0 aliphatic carbocycles. The van der Waals surface area contributed by atoms with Crippen LogP contribution in [0.3, 0.4) is 0 Å². The van der Waals surface area contributed by atoms with Crippen molar-refractivity contribution < 1.29 is 27.1 Å². The third kappa shape index (κ3) is 5.44. The lowest BCUT2D eigenvalue weighted by molar-refractivity contribution is 0.0915. The number of rotatable bonds is 7. The Morgan fingerprint density at radius 2 is 1.77 bits per heavy atom. The molecule has 1 unspecified atom stereocenters. The highest BCUT2D eigenvalue weighted by Crippen LogP contribution is 2.21. The molecule has 9 heteroatoms. The number of aliphatic hydroxyl groups excluding tert-OH is 1. The number of aryl methyl sites for hydroxylation is 1. The van der Waals surface area contributed by atoms with Gasteiger partial charge in [-0.2, -0.15) is 0 Å². The van der Waals surface area contributed by atoms with Gasteiger partial charge in [-0.25, -0.2) is 17.2 Å². The van der Waals surface area contributed by atoms with Crippen molar-refractivity contribution in [3.8, 4) is 0 Å². The van der Waals surface area contributed by atoms with Crippen molar-refractivity contribution in [1.82, 2.24) is 5.32 Å². The summed E-state index contributed by atoms with van der Waals surface area (Å²) >= 11 is 0. The first-order valence-electron chi connectivity index (χ1n) is 9.27. The van der Waals surface area contributed by atoms with Gasteiger partial charge in [-0.05, 0) is 54.4 Å². The predicted molar refractivity (Wildman–Crippen MR) is 112 cm³/mol. The molecule has 0 spiro atoms. The van der Waals surface area contributed by atoms with E-state index in [-0.39, 0.29) is 22.7 Å². The molecular weight excluding hydrogens is 426 g/mol. The number of aliphatic hydroxyl groups is 1.